The van der Waals surface area contributed by atoms with Gasteiger partial charge in [0.15, 0.2) is 0 Å². The molecule has 4 aromatic rings. The second-order valence-electron chi connectivity index (χ2n) is 10.9. The molecule has 0 saturated carbocycles. The number of nitrogens with zero attached hydrogens (tertiary/aromatic N) is 1. The zero-order chi connectivity index (χ0) is 27.7. The third-order valence-electron chi connectivity index (χ3n) is 6.68. The van der Waals surface area contributed by atoms with Gasteiger partial charge in [0.25, 0.3) is 0 Å². The smallest absolute Gasteiger partial charge is 0.308 e. The first-order chi connectivity index (χ1) is 18.8. The van der Waals surface area contributed by atoms with Gasteiger partial charge < -0.3 is 9.47 Å². The lowest BCUT2D eigenvalue weighted by atomic mass is 9.96. The maximum Gasteiger partial charge on any atom is 0.308 e. The van der Waals surface area contributed by atoms with Crippen molar-refractivity contribution in [3.8, 4) is 5.75 Å². The first kappa shape index (κ1) is 28.1. The number of hydrogen-bond acceptors (Lipinski definition) is 4. The molecular weight excluding hydrogens is 482 g/mol. The van der Waals surface area contributed by atoms with Crippen LogP contribution in [0.2, 0.25) is 0 Å². The second-order valence-corrected chi connectivity index (χ2v) is 10.9. The number of carbonyl (C=O) groups excluding carboxylic acids is 1. The van der Waals surface area contributed by atoms with E-state index in [4.69, 9.17) is 9.47 Å². The van der Waals surface area contributed by atoms with E-state index in [9.17, 15) is 4.79 Å². The van der Waals surface area contributed by atoms with Crippen molar-refractivity contribution in [2.75, 3.05) is 0 Å². The minimum Gasteiger partial charge on any atom is -0.489 e. The van der Waals surface area contributed by atoms with Crippen LogP contribution in [-0.4, -0.2) is 16.5 Å². The molecule has 4 rings (SSSR count). The Bertz CT molecular complexity index is 1280. The SMILES string of the molecule is C[C@H](c1ccccc1)N(Cc1ccccc1)C(CC(=O)OC(C)(C)C)c1ccc(OCc2ccccc2)cc1. The van der Waals surface area contributed by atoms with Crippen LogP contribution in [0.5, 0.6) is 5.75 Å². The lowest BCUT2D eigenvalue weighted by Crippen LogP contribution is -2.34. The number of ether oxygens (including phenoxy) is 2. The summed E-state index contributed by atoms with van der Waals surface area (Å²) < 4.78 is 11.8. The van der Waals surface area contributed by atoms with Crippen molar-refractivity contribution in [2.45, 2.75) is 65.0 Å². The predicted molar refractivity (Wildman–Crippen MR) is 157 cm³/mol. The fourth-order valence-electron chi connectivity index (χ4n) is 4.73. The quantitative estimate of drug-likeness (QED) is 0.186. The maximum absolute atomic E-state index is 13.2. The van der Waals surface area contributed by atoms with Gasteiger partial charge in [0.1, 0.15) is 18.0 Å². The lowest BCUT2D eigenvalue weighted by Gasteiger charge is -2.37. The summed E-state index contributed by atoms with van der Waals surface area (Å²) in [5.74, 6) is 0.583. The lowest BCUT2D eigenvalue weighted by molar-refractivity contribution is -0.156. The molecule has 0 aromatic heterocycles. The summed E-state index contributed by atoms with van der Waals surface area (Å²) in [5, 5.41) is 0. The van der Waals surface area contributed by atoms with Gasteiger partial charge in [-0.1, -0.05) is 103 Å². The van der Waals surface area contributed by atoms with Gasteiger partial charge in [-0.15, -0.1) is 0 Å². The number of benzene rings is 4. The van der Waals surface area contributed by atoms with Gasteiger partial charge in [0.05, 0.1) is 6.42 Å². The Hall–Kier alpha value is -3.89. The first-order valence-electron chi connectivity index (χ1n) is 13.6. The highest BCUT2D eigenvalue weighted by Gasteiger charge is 2.30. The van der Waals surface area contributed by atoms with Crippen LogP contribution in [0.4, 0.5) is 0 Å². The average molecular weight is 522 g/mol. The van der Waals surface area contributed by atoms with Gasteiger partial charge in [-0.3, -0.25) is 9.69 Å². The van der Waals surface area contributed by atoms with E-state index in [1.165, 1.54) is 11.1 Å². The summed E-state index contributed by atoms with van der Waals surface area (Å²) in [7, 11) is 0. The van der Waals surface area contributed by atoms with Crippen LogP contribution >= 0.6 is 0 Å². The van der Waals surface area contributed by atoms with Crippen LogP contribution < -0.4 is 4.74 Å². The van der Waals surface area contributed by atoms with E-state index in [1.54, 1.807) is 0 Å². The van der Waals surface area contributed by atoms with E-state index < -0.39 is 5.60 Å². The van der Waals surface area contributed by atoms with E-state index in [0.717, 1.165) is 16.9 Å². The van der Waals surface area contributed by atoms with E-state index >= 15 is 0 Å². The molecule has 4 aromatic carbocycles. The largest absolute Gasteiger partial charge is 0.489 e. The highest BCUT2D eigenvalue weighted by atomic mass is 16.6. The van der Waals surface area contributed by atoms with Crippen LogP contribution in [0.1, 0.15) is 68.5 Å². The standard InChI is InChI=1S/C35H39NO3/c1-27(30-18-12-7-13-19-30)36(25-28-14-8-5-9-15-28)33(24-34(37)39-35(2,3)4)31-20-22-32(23-21-31)38-26-29-16-10-6-11-17-29/h5-23,27,33H,24-26H2,1-4H3/t27-,33?/m1/s1. The fourth-order valence-corrected chi connectivity index (χ4v) is 4.73. The highest BCUT2D eigenvalue weighted by Crippen LogP contribution is 2.36. The van der Waals surface area contributed by atoms with Gasteiger partial charge in [-0.2, -0.15) is 0 Å². The van der Waals surface area contributed by atoms with E-state index in [1.807, 2.05) is 63.2 Å². The fraction of sp³-hybridized carbons (Fsp3) is 0.286. The summed E-state index contributed by atoms with van der Waals surface area (Å²) in [6.07, 6.45) is 0.242. The Labute approximate surface area is 233 Å². The van der Waals surface area contributed by atoms with Crippen LogP contribution in [0, 0.1) is 0 Å². The highest BCUT2D eigenvalue weighted by molar-refractivity contribution is 5.71. The molecule has 0 saturated heterocycles. The van der Waals surface area contributed by atoms with Crippen molar-refractivity contribution in [1.82, 2.24) is 4.90 Å². The van der Waals surface area contributed by atoms with Crippen LogP contribution in [0.25, 0.3) is 0 Å². The molecule has 202 valence electrons. The van der Waals surface area contributed by atoms with Crippen molar-refractivity contribution < 1.29 is 14.3 Å². The van der Waals surface area contributed by atoms with Gasteiger partial charge in [0, 0.05) is 18.6 Å². The monoisotopic (exact) mass is 521 g/mol. The zero-order valence-corrected chi connectivity index (χ0v) is 23.4. The molecule has 0 aliphatic carbocycles. The molecule has 0 radical (unpaired) electrons. The van der Waals surface area contributed by atoms with Gasteiger partial charge in [-0.05, 0) is 62.1 Å². The molecule has 0 bridgehead atoms. The number of hydrogen-bond donors (Lipinski definition) is 0. The van der Waals surface area contributed by atoms with Crippen molar-refractivity contribution in [1.29, 1.82) is 0 Å². The van der Waals surface area contributed by atoms with Crippen LogP contribution in [0.15, 0.2) is 115 Å². The van der Waals surface area contributed by atoms with Crippen molar-refractivity contribution in [3.05, 3.63) is 138 Å². The van der Waals surface area contributed by atoms with Gasteiger partial charge >= 0.3 is 5.97 Å². The van der Waals surface area contributed by atoms with Crippen molar-refractivity contribution >= 4 is 5.97 Å². The van der Waals surface area contributed by atoms with Gasteiger partial charge in [0.2, 0.25) is 0 Å². The second kappa shape index (κ2) is 13.3. The van der Waals surface area contributed by atoms with Crippen LogP contribution in [-0.2, 0) is 22.7 Å². The summed E-state index contributed by atoms with van der Waals surface area (Å²) in [4.78, 5) is 15.6. The summed E-state index contributed by atoms with van der Waals surface area (Å²) in [5.41, 5.74) is 4.01. The molecule has 0 amide bonds. The average Bonchev–Trinajstić information content (AvgIpc) is 2.94. The minimum absolute atomic E-state index is 0.0628. The van der Waals surface area contributed by atoms with Crippen molar-refractivity contribution in [2.24, 2.45) is 0 Å². The van der Waals surface area contributed by atoms with E-state index in [-0.39, 0.29) is 24.5 Å². The summed E-state index contributed by atoms with van der Waals surface area (Å²) in [6, 6.07) is 39.0. The van der Waals surface area contributed by atoms with Crippen molar-refractivity contribution in [3.63, 3.8) is 0 Å². The summed E-state index contributed by atoms with van der Waals surface area (Å²) >= 11 is 0. The molecular formula is C35H39NO3. The molecule has 0 fully saturated rings. The normalized spacial score (nSPS) is 13.1. The molecule has 4 nitrogen and oxygen atoms in total. The Morgan fingerprint density at radius 2 is 1.26 bits per heavy atom. The zero-order valence-electron chi connectivity index (χ0n) is 23.4. The number of rotatable bonds is 11. The molecule has 39 heavy (non-hydrogen) atoms. The maximum atomic E-state index is 13.2. The van der Waals surface area contributed by atoms with E-state index in [2.05, 4.69) is 84.6 Å². The molecule has 2 atom stereocenters. The Balaban J connectivity index is 1.65. The molecule has 0 N–H and O–H groups in total. The third kappa shape index (κ3) is 8.56. The Morgan fingerprint density at radius 1 is 0.718 bits per heavy atom. The molecule has 0 heterocycles. The number of carbonyl (C=O) groups is 1. The molecule has 1 unspecified atom stereocenters. The Morgan fingerprint density at radius 3 is 1.82 bits per heavy atom. The molecule has 0 spiro atoms. The van der Waals surface area contributed by atoms with Crippen LogP contribution in [0.3, 0.4) is 0 Å². The molecule has 0 aliphatic heterocycles. The molecule has 0 aliphatic rings. The van der Waals surface area contributed by atoms with E-state index in [0.29, 0.717) is 13.2 Å². The predicted octanol–water partition coefficient (Wildman–Crippen LogP) is 8.30. The third-order valence-corrected chi connectivity index (χ3v) is 6.68. The molecule has 4 heteroatoms. The Kier molecular flexibility index (Phi) is 9.56. The topological polar surface area (TPSA) is 38.8 Å². The van der Waals surface area contributed by atoms with Gasteiger partial charge in [-0.25, -0.2) is 0 Å². The minimum atomic E-state index is -0.550. The first-order valence-corrected chi connectivity index (χ1v) is 13.6. The number of esters is 1. The summed E-state index contributed by atoms with van der Waals surface area (Å²) in [6.45, 7) is 9.13.